The van der Waals surface area contributed by atoms with Crippen LogP contribution in [0.5, 0.6) is 0 Å². The van der Waals surface area contributed by atoms with E-state index in [1.807, 2.05) is 0 Å². The fraction of sp³-hybridized carbons (Fsp3) is 0.455. The standard InChI is InChI=1S/C11H14ClFN2/c12-11-2-1-9(13)5-8(11)6-15-4-3-10(14)7-15/h1-2,5,10H,3-4,6-7,14H2/t10-/m0/s1. The fourth-order valence-corrected chi connectivity index (χ4v) is 2.09. The first-order chi connectivity index (χ1) is 7.15. The van der Waals surface area contributed by atoms with E-state index in [0.29, 0.717) is 11.6 Å². The normalized spacial score (nSPS) is 22.2. The van der Waals surface area contributed by atoms with Crippen molar-refractivity contribution in [1.82, 2.24) is 4.90 Å². The van der Waals surface area contributed by atoms with Crippen LogP contribution in [0.15, 0.2) is 18.2 Å². The average molecular weight is 229 g/mol. The molecule has 0 bridgehead atoms. The zero-order valence-electron chi connectivity index (χ0n) is 8.42. The molecule has 4 heteroatoms. The molecule has 0 saturated carbocycles. The van der Waals surface area contributed by atoms with E-state index in [2.05, 4.69) is 4.90 Å². The molecule has 0 unspecified atom stereocenters. The Bertz CT molecular complexity index is 356. The predicted octanol–water partition coefficient (Wildman–Crippen LogP) is 2.01. The largest absolute Gasteiger partial charge is 0.326 e. The molecule has 15 heavy (non-hydrogen) atoms. The van der Waals surface area contributed by atoms with Crippen molar-refractivity contribution in [2.75, 3.05) is 13.1 Å². The van der Waals surface area contributed by atoms with Gasteiger partial charge in [-0.3, -0.25) is 4.90 Å². The topological polar surface area (TPSA) is 29.3 Å². The van der Waals surface area contributed by atoms with Gasteiger partial charge in [-0.05, 0) is 30.2 Å². The number of nitrogens with two attached hydrogens (primary N) is 1. The maximum atomic E-state index is 13.0. The van der Waals surface area contributed by atoms with Crippen LogP contribution in [0.1, 0.15) is 12.0 Å². The second-order valence-corrected chi connectivity index (χ2v) is 4.43. The van der Waals surface area contributed by atoms with Gasteiger partial charge in [0.1, 0.15) is 5.82 Å². The molecule has 2 nitrogen and oxygen atoms in total. The van der Waals surface area contributed by atoms with Crippen LogP contribution < -0.4 is 5.73 Å². The third-order valence-electron chi connectivity index (χ3n) is 2.71. The van der Waals surface area contributed by atoms with E-state index in [9.17, 15) is 4.39 Å². The van der Waals surface area contributed by atoms with E-state index in [1.165, 1.54) is 12.1 Å². The second-order valence-electron chi connectivity index (χ2n) is 4.02. The summed E-state index contributed by atoms with van der Waals surface area (Å²) in [4.78, 5) is 2.20. The maximum Gasteiger partial charge on any atom is 0.123 e. The van der Waals surface area contributed by atoms with Crippen molar-refractivity contribution in [3.63, 3.8) is 0 Å². The van der Waals surface area contributed by atoms with Crippen molar-refractivity contribution in [1.29, 1.82) is 0 Å². The molecule has 1 fully saturated rings. The molecule has 2 N–H and O–H groups in total. The molecule has 1 atom stereocenters. The van der Waals surface area contributed by atoms with Gasteiger partial charge in [-0.25, -0.2) is 4.39 Å². The first kappa shape index (κ1) is 10.9. The molecular weight excluding hydrogens is 215 g/mol. The zero-order valence-corrected chi connectivity index (χ0v) is 9.17. The van der Waals surface area contributed by atoms with E-state index < -0.39 is 0 Å². The molecule has 0 spiro atoms. The van der Waals surface area contributed by atoms with Crippen LogP contribution in [0.3, 0.4) is 0 Å². The lowest BCUT2D eigenvalue weighted by molar-refractivity contribution is 0.326. The van der Waals surface area contributed by atoms with Crippen LogP contribution in [-0.2, 0) is 6.54 Å². The minimum Gasteiger partial charge on any atom is -0.326 e. The molecule has 1 saturated heterocycles. The Labute approximate surface area is 93.8 Å². The molecule has 1 aliphatic rings. The van der Waals surface area contributed by atoms with E-state index in [0.717, 1.165) is 25.1 Å². The fourth-order valence-electron chi connectivity index (χ4n) is 1.91. The minimum atomic E-state index is -0.238. The molecule has 1 heterocycles. The molecule has 0 radical (unpaired) electrons. The third-order valence-corrected chi connectivity index (χ3v) is 3.08. The first-order valence-corrected chi connectivity index (χ1v) is 5.45. The quantitative estimate of drug-likeness (QED) is 0.839. The Hall–Kier alpha value is -0.640. The Morgan fingerprint density at radius 1 is 1.53 bits per heavy atom. The lowest BCUT2D eigenvalue weighted by atomic mass is 10.2. The van der Waals surface area contributed by atoms with E-state index in [-0.39, 0.29) is 11.9 Å². The maximum absolute atomic E-state index is 13.0. The molecule has 82 valence electrons. The summed E-state index contributed by atoms with van der Waals surface area (Å²) in [6.07, 6.45) is 1.01. The van der Waals surface area contributed by atoms with Gasteiger partial charge >= 0.3 is 0 Å². The Kier molecular flexibility index (Phi) is 3.24. The predicted molar refractivity (Wildman–Crippen MR) is 59.3 cm³/mol. The summed E-state index contributed by atoms with van der Waals surface area (Å²) in [5.41, 5.74) is 6.64. The molecule has 0 aromatic heterocycles. The third kappa shape index (κ3) is 2.68. The Balaban J connectivity index is 2.07. The number of halogens is 2. The highest BCUT2D eigenvalue weighted by molar-refractivity contribution is 6.31. The van der Waals surface area contributed by atoms with Crippen molar-refractivity contribution in [2.24, 2.45) is 5.73 Å². The summed E-state index contributed by atoms with van der Waals surface area (Å²) in [5.74, 6) is -0.238. The Morgan fingerprint density at radius 3 is 3.00 bits per heavy atom. The average Bonchev–Trinajstić information content (AvgIpc) is 2.58. The highest BCUT2D eigenvalue weighted by atomic mass is 35.5. The van der Waals surface area contributed by atoms with Crippen LogP contribution in [-0.4, -0.2) is 24.0 Å². The molecule has 0 amide bonds. The molecule has 2 rings (SSSR count). The summed E-state index contributed by atoms with van der Waals surface area (Å²) >= 11 is 5.99. The molecule has 1 aliphatic heterocycles. The zero-order chi connectivity index (χ0) is 10.8. The van der Waals surface area contributed by atoms with Crippen LogP contribution in [0.4, 0.5) is 4.39 Å². The van der Waals surface area contributed by atoms with E-state index in [1.54, 1.807) is 6.07 Å². The van der Waals surface area contributed by atoms with Crippen molar-refractivity contribution in [3.8, 4) is 0 Å². The van der Waals surface area contributed by atoms with E-state index in [4.69, 9.17) is 17.3 Å². The van der Waals surface area contributed by atoms with Crippen LogP contribution in [0.2, 0.25) is 5.02 Å². The number of hydrogen-bond acceptors (Lipinski definition) is 2. The van der Waals surface area contributed by atoms with Crippen molar-refractivity contribution >= 4 is 11.6 Å². The van der Waals surface area contributed by atoms with Gasteiger partial charge in [0.15, 0.2) is 0 Å². The van der Waals surface area contributed by atoms with Gasteiger partial charge in [0.05, 0.1) is 0 Å². The number of rotatable bonds is 2. The van der Waals surface area contributed by atoms with Gasteiger partial charge in [-0.1, -0.05) is 11.6 Å². The number of benzene rings is 1. The van der Waals surface area contributed by atoms with Crippen LogP contribution >= 0.6 is 11.6 Å². The van der Waals surface area contributed by atoms with Crippen LogP contribution in [0.25, 0.3) is 0 Å². The van der Waals surface area contributed by atoms with E-state index >= 15 is 0 Å². The SMILES string of the molecule is N[C@H]1CCN(Cc2cc(F)ccc2Cl)C1. The first-order valence-electron chi connectivity index (χ1n) is 5.07. The van der Waals surface area contributed by atoms with Crippen LogP contribution in [0, 0.1) is 5.82 Å². The second kappa shape index (κ2) is 4.47. The molecule has 0 aliphatic carbocycles. The van der Waals surface area contributed by atoms with Gasteiger partial charge in [-0.2, -0.15) is 0 Å². The lowest BCUT2D eigenvalue weighted by Crippen LogP contribution is -2.26. The van der Waals surface area contributed by atoms with Gasteiger partial charge < -0.3 is 5.73 Å². The molecule has 1 aromatic rings. The van der Waals surface area contributed by atoms with Gasteiger partial charge in [0.25, 0.3) is 0 Å². The molecule has 1 aromatic carbocycles. The highest BCUT2D eigenvalue weighted by Crippen LogP contribution is 2.20. The molecular formula is C11H14ClFN2. The number of hydrogen-bond donors (Lipinski definition) is 1. The van der Waals surface area contributed by atoms with Gasteiger partial charge in [0, 0.05) is 30.7 Å². The van der Waals surface area contributed by atoms with Crippen molar-refractivity contribution in [3.05, 3.63) is 34.6 Å². The lowest BCUT2D eigenvalue weighted by Gasteiger charge is -2.15. The summed E-state index contributed by atoms with van der Waals surface area (Å²) < 4.78 is 13.0. The number of likely N-dealkylation sites (tertiary alicyclic amines) is 1. The smallest absolute Gasteiger partial charge is 0.123 e. The van der Waals surface area contributed by atoms with Gasteiger partial charge in [0.2, 0.25) is 0 Å². The van der Waals surface area contributed by atoms with Crippen molar-refractivity contribution < 1.29 is 4.39 Å². The highest BCUT2D eigenvalue weighted by Gasteiger charge is 2.19. The summed E-state index contributed by atoms with van der Waals surface area (Å²) in [6.45, 7) is 2.52. The summed E-state index contributed by atoms with van der Waals surface area (Å²) in [6, 6.07) is 4.72. The van der Waals surface area contributed by atoms with Gasteiger partial charge in [-0.15, -0.1) is 0 Å². The monoisotopic (exact) mass is 228 g/mol. The van der Waals surface area contributed by atoms with Crippen molar-refractivity contribution in [2.45, 2.75) is 19.0 Å². The Morgan fingerprint density at radius 2 is 2.33 bits per heavy atom. The summed E-state index contributed by atoms with van der Waals surface area (Å²) in [7, 11) is 0. The number of nitrogens with zero attached hydrogens (tertiary/aromatic N) is 1. The minimum absolute atomic E-state index is 0.238. The summed E-state index contributed by atoms with van der Waals surface area (Å²) in [5, 5.41) is 0.622.